The first-order chi connectivity index (χ1) is 8.08. The van der Waals surface area contributed by atoms with Crippen molar-refractivity contribution in [2.45, 2.75) is 25.8 Å². The molecule has 5 nitrogen and oxygen atoms in total. The fourth-order valence-electron chi connectivity index (χ4n) is 1.95. The van der Waals surface area contributed by atoms with Gasteiger partial charge in [-0.2, -0.15) is 0 Å². The van der Waals surface area contributed by atoms with E-state index in [-0.39, 0.29) is 23.5 Å². The predicted octanol–water partition coefficient (Wildman–Crippen LogP) is 0.405. The van der Waals surface area contributed by atoms with Crippen molar-refractivity contribution in [2.24, 2.45) is 0 Å². The lowest BCUT2D eigenvalue weighted by Crippen LogP contribution is -2.41. The average molecular weight is 260 g/mol. The molecule has 1 amide bonds. The van der Waals surface area contributed by atoms with Crippen molar-refractivity contribution in [1.29, 1.82) is 0 Å². The third-order valence-corrected chi connectivity index (χ3v) is 3.51. The molecule has 0 aliphatic carbocycles. The van der Waals surface area contributed by atoms with Crippen LogP contribution >= 0.6 is 11.8 Å². The zero-order chi connectivity index (χ0) is 12.7. The highest BCUT2D eigenvalue weighted by atomic mass is 32.2. The SMILES string of the molecule is CC(CN1CCCC1)NC(=O)CSCC(=O)O. The number of likely N-dealkylation sites (tertiary alicyclic amines) is 1. The van der Waals surface area contributed by atoms with Gasteiger partial charge >= 0.3 is 5.97 Å². The Labute approximate surface area is 106 Å². The van der Waals surface area contributed by atoms with Gasteiger partial charge in [-0.05, 0) is 32.9 Å². The summed E-state index contributed by atoms with van der Waals surface area (Å²) in [6.45, 7) is 5.11. The van der Waals surface area contributed by atoms with E-state index in [0.29, 0.717) is 0 Å². The molecule has 1 heterocycles. The Hall–Kier alpha value is -0.750. The number of aliphatic carboxylic acids is 1. The van der Waals surface area contributed by atoms with E-state index in [2.05, 4.69) is 10.2 Å². The first-order valence-corrected chi connectivity index (χ1v) is 7.04. The first-order valence-electron chi connectivity index (χ1n) is 5.89. The van der Waals surface area contributed by atoms with Crippen LogP contribution in [0.2, 0.25) is 0 Å². The molecule has 17 heavy (non-hydrogen) atoms. The predicted molar refractivity (Wildman–Crippen MR) is 68.2 cm³/mol. The minimum atomic E-state index is -0.882. The molecule has 0 saturated carbocycles. The van der Waals surface area contributed by atoms with Crippen LogP contribution in [0.25, 0.3) is 0 Å². The van der Waals surface area contributed by atoms with E-state index in [1.807, 2.05) is 6.92 Å². The van der Waals surface area contributed by atoms with Gasteiger partial charge in [0.05, 0.1) is 11.5 Å². The average Bonchev–Trinajstić information content (AvgIpc) is 2.69. The number of nitrogens with zero attached hydrogens (tertiary/aromatic N) is 1. The molecule has 98 valence electrons. The van der Waals surface area contributed by atoms with E-state index in [1.165, 1.54) is 12.8 Å². The summed E-state index contributed by atoms with van der Waals surface area (Å²) in [6.07, 6.45) is 2.49. The number of hydrogen-bond acceptors (Lipinski definition) is 4. The van der Waals surface area contributed by atoms with Crippen molar-refractivity contribution < 1.29 is 14.7 Å². The molecule has 0 aromatic carbocycles. The van der Waals surface area contributed by atoms with Crippen LogP contribution in [0.3, 0.4) is 0 Å². The summed E-state index contributed by atoms with van der Waals surface area (Å²) in [5.74, 6) is -0.763. The number of hydrogen-bond donors (Lipinski definition) is 2. The van der Waals surface area contributed by atoms with Crippen molar-refractivity contribution >= 4 is 23.6 Å². The summed E-state index contributed by atoms with van der Waals surface area (Å²) in [4.78, 5) is 24.1. The molecule has 2 N–H and O–H groups in total. The van der Waals surface area contributed by atoms with Gasteiger partial charge in [0.2, 0.25) is 5.91 Å². The van der Waals surface area contributed by atoms with Crippen LogP contribution in [0.4, 0.5) is 0 Å². The van der Waals surface area contributed by atoms with Crippen molar-refractivity contribution in [3.05, 3.63) is 0 Å². The number of nitrogens with one attached hydrogen (secondary N) is 1. The monoisotopic (exact) mass is 260 g/mol. The molecule has 0 bridgehead atoms. The molecule has 1 aliphatic heterocycles. The summed E-state index contributed by atoms with van der Waals surface area (Å²) >= 11 is 1.13. The Morgan fingerprint density at radius 2 is 2.00 bits per heavy atom. The number of carbonyl (C=O) groups is 2. The Bertz CT molecular complexity index is 267. The molecule has 1 aliphatic rings. The summed E-state index contributed by atoms with van der Waals surface area (Å²) in [5.41, 5.74) is 0. The Kier molecular flexibility index (Phi) is 6.36. The summed E-state index contributed by atoms with van der Waals surface area (Å²) in [6, 6.07) is 0.131. The Morgan fingerprint density at radius 1 is 1.35 bits per heavy atom. The third-order valence-electron chi connectivity index (χ3n) is 2.60. The number of thioether (sulfide) groups is 1. The Balaban J connectivity index is 2.09. The highest BCUT2D eigenvalue weighted by Gasteiger charge is 2.15. The second-order valence-corrected chi connectivity index (χ2v) is 5.35. The maximum Gasteiger partial charge on any atom is 0.313 e. The van der Waals surface area contributed by atoms with E-state index in [9.17, 15) is 9.59 Å². The fourth-order valence-corrected chi connectivity index (χ4v) is 2.49. The van der Waals surface area contributed by atoms with E-state index in [1.54, 1.807) is 0 Å². The molecule has 1 fully saturated rings. The van der Waals surface area contributed by atoms with Gasteiger partial charge in [-0.3, -0.25) is 9.59 Å². The van der Waals surface area contributed by atoms with E-state index < -0.39 is 5.97 Å². The van der Waals surface area contributed by atoms with E-state index in [4.69, 9.17) is 5.11 Å². The molecule has 0 radical (unpaired) electrons. The van der Waals surface area contributed by atoms with Gasteiger partial charge in [-0.25, -0.2) is 0 Å². The number of carbonyl (C=O) groups excluding carboxylic acids is 1. The maximum atomic E-state index is 11.5. The third kappa shape index (κ3) is 6.53. The van der Waals surface area contributed by atoms with Crippen molar-refractivity contribution in [2.75, 3.05) is 31.1 Å². The molecule has 1 saturated heterocycles. The lowest BCUT2D eigenvalue weighted by atomic mass is 10.3. The standard InChI is InChI=1S/C11H20N2O3S/c1-9(6-13-4-2-3-5-13)12-10(14)7-17-8-11(15)16/h9H,2-8H2,1H3,(H,12,14)(H,15,16). The summed E-state index contributed by atoms with van der Waals surface area (Å²) in [5, 5.41) is 11.3. The van der Waals surface area contributed by atoms with Crippen LogP contribution in [0.15, 0.2) is 0 Å². The van der Waals surface area contributed by atoms with Crippen LogP contribution in [-0.2, 0) is 9.59 Å². The van der Waals surface area contributed by atoms with Crippen LogP contribution in [-0.4, -0.2) is 59.1 Å². The smallest absolute Gasteiger partial charge is 0.313 e. The van der Waals surface area contributed by atoms with Gasteiger partial charge in [0.1, 0.15) is 0 Å². The van der Waals surface area contributed by atoms with Gasteiger partial charge in [-0.1, -0.05) is 0 Å². The highest BCUT2D eigenvalue weighted by Crippen LogP contribution is 2.07. The summed E-state index contributed by atoms with van der Waals surface area (Å²) < 4.78 is 0. The molecule has 0 aromatic heterocycles. The minimum Gasteiger partial charge on any atom is -0.481 e. The van der Waals surface area contributed by atoms with Crippen LogP contribution in [0, 0.1) is 0 Å². The number of rotatable bonds is 7. The Morgan fingerprint density at radius 3 is 2.59 bits per heavy atom. The van der Waals surface area contributed by atoms with Crippen molar-refractivity contribution in [3.63, 3.8) is 0 Å². The van der Waals surface area contributed by atoms with E-state index >= 15 is 0 Å². The lowest BCUT2D eigenvalue weighted by Gasteiger charge is -2.21. The number of carboxylic acid groups (broad SMARTS) is 1. The topological polar surface area (TPSA) is 69.6 Å². The molecule has 1 atom stereocenters. The van der Waals surface area contributed by atoms with Crippen molar-refractivity contribution in [1.82, 2.24) is 10.2 Å². The normalized spacial score (nSPS) is 17.9. The zero-order valence-corrected chi connectivity index (χ0v) is 11.0. The van der Waals surface area contributed by atoms with Gasteiger partial charge < -0.3 is 15.3 Å². The van der Waals surface area contributed by atoms with Crippen LogP contribution in [0.5, 0.6) is 0 Å². The quantitative estimate of drug-likeness (QED) is 0.693. The van der Waals surface area contributed by atoms with Crippen molar-refractivity contribution in [3.8, 4) is 0 Å². The fraction of sp³-hybridized carbons (Fsp3) is 0.818. The number of carboxylic acids is 1. The van der Waals surface area contributed by atoms with Gasteiger partial charge in [0, 0.05) is 12.6 Å². The second-order valence-electron chi connectivity index (χ2n) is 4.36. The van der Waals surface area contributed by atoms with Crippen LogP contribution in [0.1, 0.15) is 19.8 Å². The zero-order valence-electron chi connectivity index (χ0n) is 10.1. The largest absolute Gasteiger partial charge is 0.481 e. The minimum absolute atomic E-state index is 0.0199. The summed E-state index contributed by atoms with van der Waals surface area (Å²) in [7, 11) is 0. The first kappa shape index (κ1) is 14.3. The van der Waals surface area contributed by atoms with E-state index in [0.717, 1.165) is 31.4 Å². The molecule has 0 aromatic rings. The molecular weight excluding hydrogens is 240 g/mol. The van der Waals surface area contributed by atoms with Gasteiger partial charge in [0.25, 0.3) is 0 Å². The number of amides is 1. The molecule has 6 heteroatoms. The lowest BCUT2D eigenvalue weighted by molar-refractivity contribution is -0.133. The highest BCUT2D eigenvalue weighted by molar-refractivity contribution is 8.00. The van der Waals surface area contributed by atoms with Crippen LogP contribution < -0.4 is 5.32 Å². The molecule has 1 rings (SSSR count). The molecular formula is C11H20N2O3S. The second kappa shape index (κ2) is 7.55. The van der Waals surface area contributed by atoms with Gasteiger partial charge in [-0.15, -0.1) is 11.8 Å². The maximum absolute atomic E-state index is 11.5. The molecule has 0 spiro atoms. The molecule has 1 unspecified atom stereocenters. The van der Waals surface area contributed by atoms with Gasteiger partial charge in [0.15, 0.2) is 0 Å².